The van der Waals surface area contributed by atoms with E-state index in [0.717, 1.165) is 10.1 Å². The summed E-state index contributed by atoms with van der Waals surface area (Å²) in [5.74, 6) is 0.444. The Hall–Kier alpha value is -3.52. The highest BCUT2D eigenvalue weighted by molar-refractivity contribution is 7.20. The number of aromatic nitrogens is 4. The number of ether oxygens (including phenoxy) is 1. The molecular formula is C20H14N4O3S. The van der Waals surface area contributed by atoms with E-state index in [0.29, 0.717) is 27.4 Å². The number of thiophene rings is 1. The van der Waals surface area contributed by atoms with Gasteiger partial charge in [0.15, 0.2) is 12.4 Å². The molecular weight excluding hydrogens is 376 g/mol. The maximum Gasteiger partial charge on any atom is 0.348 e. The fourth-order valence-corrected chi connectivity index (χ4v) is 4.23. The van der Waals surface area contributed by atoms with E-state index in [4.69, 9.17) is 4.74 Å². The van der Waals surface area contributed by atoms with Gasteiger partial charge in [0.2, 0.25) is 5.78 Å². The molecule has 0 bridgehead atoms. The van der Waals surface area contributed by atoms with Crippen LogP contribution in [0.1, 0.15) is 15.5 Å². The zero-order valence-corrected chi connectivity index (χ0v) is 15.6. The minimum absolute atomic E-state index is 0.0452. The Bertz CT molecular complexity index is 1400. The van der Waals surface area contributed by atoms with Crippen molar-refractivity contribution in [1.82, 2.24) is 19.2 Å². The predicted molar refractivity (Wildman–Crippen MR) is 107 cm³/mol. The molecule has 0 amide bonds. The van der Waals surface area contributed by atoms with Gasteiger partial charge in [-0.15, -0.1) is 21.5 Å². The summed E-state index contributed by atoms with van der Waals surface area (Å²) in [5.41, 5.74) is 0.530. The van der Waals surface area contributed by atoms with E-state index in [1.165, 1.54) is 15.9 Å². The lowest BCUT2D eigenvalue weighted by atomic mass is 10.2. The maximum absolute atomic E-state index is 12.5. The topological polar surface area (TPSA) is 78.5 Å². The largest absolute Gasteiger partial charge is 0.453 e. The van der Waals surface area contributed by atoms with Gasteiger partial charge in [-0.1, -0.05) is 30.3 Å². The van der Waals surface area contributed by atoms with Crippen LogP contribution in [0.5, 0.6) is 0 Å². The Morgan fingerprint density at radius 2 is 1.89 bits per heavy atom. The third-order valence-electron chi connectivity index (χ3n) is 4.65. The van der Waals surface area contributed by atoms with Gasteiger partial charge in [-0.25, -0.2) is 4.79 Å². The van der Waals surface area contributed by atoms with Gasteiger partial charge < -0.3 is 4.74 Å². The van der Waals surface area contributed by atoms with Gasteiger partial charge in [0.1, 0.15) is 4.88 Å². The number of aryl methyl sites for hydroxylation is 1. The number of para-hydroxylation sites is 1. The average molecular weight is 390 g/mol. The Morgan fingerprint density at radius 1 is 1.11 bits per heavy atom. The number of nitrogens with zero attached hydrogens (tertiary/aromatic N) is 4. The quantitative estimate of drug-likeness (QED) is 0.442. The Kier molecular flexibility index (Phi) is 3.73. The van der Waals surface area contributed by atoms with Crippen molar-refractivity contribution in [3.8, 4) is 0 Å². The smallest absolute Gasteiger partial charge is 0.348 e. The van der Waals surface area contributed by atoms with Crippen molar-refractivity contribution in [3.63, 3.8) is 0 Å². The molecule has 0 atom stereocenters. The van der Waals surface area contributed by atoms with Gasteiger partial charge in [0.25, 0.3) is 5.56 Å². The molecule has 8 heteroatoms. The number of fused-ring (bicyclic) bond motifs is 4. The molecule has 2 aromatic carbocycles. The maximum atomic E-state index is 12.5. The molecule has 0 aliphatic carbocycles. The van der Waals surface area contributed by atoms with Crippen LogP contribution in [0.4, 0.5) is 0 Å². The Balaban J connectivity index is 1.52. The lowest BCUT2D eigenvalue weighted by Crippen LogP contribution is -2.20. The fraction of sp³-hybridized carbons (Fsp3) is 0.100. The van der Waals surface area contributed by atoms with Crippen LogP contribution in [0, 0.1) is 0 Å². The molecule has 0 spiro atoms. The van der Waals surface area contributed by atoms with Crippen molar-refractivity contribution in [1.29, 1.82) is 0 Å². The molecule has 0 fully saturated rings. The summed E-state index contributed by atoms with van der Waals surface area (Å²) in [7, 11) is 1.64. The zero-order chi connectivity index (χ0) is 19.3. The first-order chi connectivity index (χ1) is 13.6. The summed E-state index contributed by atoms with van der Waals surface area (Å²) in [6.45, 7) is -0.0452. The molecule has 0 N–H and O–H groups in total. The molecule has 3 aromatic heterocycles. The minimum atomic E-state index is -0.410. The SMILES string of the molecule is Cn1c(=O)c2ccccc2n2c(COC(=O)c3cc4ccccc4s3)nnc12. The molecule has 0 unspecified atom stereocenters. The normalized spacial score (nSPS) is 11.5. The van der Waals surface area contributed by atoms with E-state index in [1.54, 1.807) is 23.6 Å². The van der Waals surface area contributed by atoms with E-state index in [-0.39, 0.29) is 12.2 Å². The summed E-state index contributed by atoms with van der Waals surface area (Å²) < 4.78 is 9.70. The lowest BCUT2D eigenvalue weighted by Gasteiger charge is -2.08. The Morgan fingerprint density at radius 3 is 2.75 bits per heavy atom. The van der Waals surface area contributed by atoms with Crippen molar-refractivity contribution in [2.24, 2.45) is 7.05 Å². The second kappa shape index (κ2) is 6.28. The van der Waals surface area contributed by atoms with Crippen LogP contribution in [0.25, 0.3) is 26.8 Å². The van der Waals surface area contributed by atoms with Crippen molar-refractivity contribution in [2.45, 2.75) is 6.61 Å². The molecule has 0 saturated carbocycles. The molecule has 0 aliphatic heterocycles. The van der Waals surface area contributed by atoms with Crippen molar-refractivity contribution in [2.75, 3.05) is 0 Å². The average Bonchev–Trinajstić information content (AvgIpc) is 3.34. The number of benzene rings is 2. The highest BCUT2D eigenvalue weighted by Crippen LogP contribution is 2.26. The van der Waals surface area contributed by atoms with E-state index in [9.17, 15) is 9.59 Å². The van der Waals surface area contributed by atoms with Gasteiger partial charge in [-0.3, -0.25) is 13.8 Å². The van der Waals surface area contributed by atoms with Gasteiger partial charge in [-0.05, 0) is 29.7 Å². The number of carbonyl (C=O) groups is 1. The van der Waals surface area contributed by atoms with Crippen LogP contribution >= 0.6 is 11.3 Å². The first-order valence-electron chi connectivity index (χ1n) is 8.61. The van der Waals surface area contributed by atoms with E-state index < -0.39 is 5.97 Å². The molecule has 7 nitrogen and oxygen atoms in total. The first kappa shape index (κ1) is 16.6. The van der Waals surface area contributed by atoms with Crippen LogP contribution in [-0.2, 0) is 18.4 Å². The third kappa shape index (κ3) is 2.49. The molecule has 28 heavy (non-hydrogen) atoms. The summed E-state index contributed by atoms with van der Waals surface area (Å²) in [6.07, 6.45) is 0. The fourth-order valence-electron chi connectivity index (χ4n) is 3.27. The summed E-state index contributed by atoms with van der Waals surface area (Å²) in [4.78, 5) is 25.5. The van der Waals surface area contributed by atoms with E-state index in [2.05, 4.69) is 10.2 Å². The van der Waals surface area contributed by atoms with Crippen LogP contribution < -0.4 is 5.56 Å². The summed E-state index contributed by atoms with van der Waals surface area (Å²) in [6, 6.07) is 16.8. The number of hydrogen-bond donors (Lipinski definition) is 0. The van der Waals surface area contributed by atoms with Crippen LogP contribution in [-0.4, -0.2) is 25.1 Å². The van der Waals surface area contributed by atoms with Gasteiger partial charge >= 0.3 is 5.97 Å². The van der Waals surface area contributed by atoms with Crippen LogP contribution in [0.15, 0.2) is 59.4 Å². The second-order valence-corrected chi connectivity index (χ2v) is 7.44. The monoisotopic (exact) mass is 390 g/mol. The minimum Gasteiger partial charge on any atom is -0.453 e. The van der Waals surface area contributed by atoms with Gasteiger partial charge in [0.05, 0.1) is 10.9 Å². The van der Waals surface area contributed by atoms with Gasteiger partial charge in [-0.2, -0.15) is 0 Å². The van der Waals surface area contributed by atoms with Crippen molar-refractivity contribution >= 4 is 44.1 Å². The number of carbonyl (C=O) groups excluding carboxylic acids is 1. The first-order valence-corrected chi connectivity index (χ1v) is 9.42. The standard InChI is InChI=1S/C20H14N4O3S/c1-23-18(25)13-7-3-4-8-14(13)24-17(21-22-20(23)24)11-27-19(26)16-10-12-6-2-5-9-15(12)28-16/h2-10H,11H2,1H3. The molecule has 138 valence electrons. The third-order valence-corrected chi connectivity index (χ3v) is 5.75. The number of rotatable bonds is 3. The summed E-state index contributed by atoms with van der Waals surface area (Å²) >= 11 is 1.39. The predicted octanol–water partition coefficient (Wildman–Crippen LogP) is 3.15. The number of esters is 1. The van der Waals surface area contributed by atoms with Crippen LogP contribution in [0.3, 0.4) is 0 Å². The van der Waals surface area contributed by atoms with Gasteiger partial charge in [0, 0.05) is 11.7 Å². The molecule has 0 saturated heterocycles. The summed E-state index contributed by atoms with van der Waals surface area (Å²) in [5, 5.41) is 9.80. The highest BCUT2D eigenvalue weighted by atomic mass is 32.1. The zero-order valence-electron chi connectivity index (χ0n) is 14.8. The lowest BCUT2D eigenvalue weighted by molar-refractivity contribution is 0.0467. The molecule has 0 aliphatic rings. The highest BCUT2D eigenvalue weighted by Gasteiger charge is 2.17. The Labute approximate surface area is 162 Å². The van der Waals surface area contributed by atoms with E-state index >= 15 is 0 Å². The molecule has 5 aromatic rings. The molecule has 3 heterocycles. The second-order valence-electron chi connectivity index (χ2n) is 6.36. The number of hydrogen-bond acceptors (Lipinski definition) is 6. The van der Waals surface area contributed by atoms with E-state index in [1.807, 2.05) is 42.5 Å². The van der Waals surface area contributed by atoms with Crippen molar-refractivity contribution < 1.29 is 9.53 Å². The van der Waals surface area contributed by atoms with Crippen molar-refractivity contribution in [3.05, 3.63) is 75.7 Å². The van der Waals surface area contributed by atoms with Crippen LogP contribution in [0.2, 0.25) is 0 Å². The molecule has 0 radical (unpaired) electrons. The molecule has 5 rings (SSSR count).